The molecule has 2 nitrogen and oxygen atoms in total. The molecule has 2 rings (SSSR count). The van der Waals surface area contributed by atoms with Crippen molar-refractivity contribution in [3.05, 3.63) is 28.8 Å². The highest BCUT2D eigenvalue weighted by Gasteiger charge is 2.26. The lowest BCUT2D eigenvalue weighted by Gasteiger charge is -2.39. The van der Waals surface area contributed by atoms with Crippen LogP contribution in [0.4, 0.5) is 5.69 Å². The molecule has 0 aromatic heterocycles. The molecule has 1 heterocycles. The van der Waals surface area contributed by atoms with Gasteiger partial charge in [-0.3, -0.25) is 0 Å². The minimum absolute atomic E-state index is 0.126. The Hall–Kier alpha value is -0.730. The van der Waals surface area contributed by atoms with Crippen LogP contribution < -0.4 is 10.2 Å². The van der Waals surface area contributed by atoms with Gasteiger partial charge in [0.15, 0.2) is 0 Å². The molecule has 1 aliphatic heterocycles. The number of hydrogen-bond acceptors (Lipinski definition) is 2. The highest BCUT2D eigenvalue weighted by atomic mass is 35.5. The van der Waals surface area contributed by atoms with Crippen LogP contribution in [0, 0.1) is 5.41 Å². The molecular weight excluding hydrogens is 280 g/mol. The van der Waals surface area contributed by atoms with Crippen molar-refractivity contribution < 1.29 is 0 Å². The molecule has 0 radical (unpaired) electrons. The lowest BCUT2D eigenvalue weighted by Crippen LogP contribution is -2.39. The number of piperidine rings is 1. The summed E-state index contributed by atoms with van der Waals surface area (Å²) in [6.07, 6.45) is 2.48. The molecule has 0 spiro atoms. The van der Waals surface area contributed by atoms with Gasteiger partial charge < -0.3 is 10.2 Å². The molecule has 0 unspecified atom stereocenters. The molecule has 1 N–H and O–H groups in total. The van der Waals surface area contributed by atoms with Gasteiger partial charge in [-0.05, 0) is 56.7 Å². The van der Waals surface area contributed by atoms with E-state index in [-0.39, 0.29) is 5.54 Å². The molecule has 0 saturated carbocycles. The maximum atomic E-state index is 6.24. The van der Waals surface area contributed by atoms with E-state index in [1.54, 1.807) is 0 Å². The first-order valence-corrected chi connectivity index (χ1v) is 8.33. The van der Waals surface area contributed by atoms with Gasteiger partial charge in [0.2, 0.25) is 0 Å². The molecule has 1 saturated heterocycles. The van der Waals surface area contributed by atoms with Crippen LogP contribution in [0.15, 0.2) is 18.2 Å². The summed E-state index contributed by atoms with van der Waals surface area (Å²) >= 11 is 6.24. The summed E-state index contributed by atoms with van der Waals surface area (Å²) < 4.78 is 0. The lowest BCUT2D eigenvalue weighted by molar-refractivity contribution is 0.279. The Morgan fingerprint density at radius 2 is 1.81 bits per heavy atom. The molecule has 0 atom stereocenters. The monoisotopic (exact) mass is 308 g/mol. The Kier molecular flexibility index (Phi) is 4.89. The van der Waals surface area contributed by atoms with Crippen molar-refractivity contribution >= 4 is 17.3 Å². The molecule has 0 bridgehead atoms. The minimum Gasteiger partial charge on any atom is -0.371 e. The van der Waals surface area contributed by atoms with Crippen LogP contribution in [0.2, 0.25) is 5.02 Å². The van der Waals surface area contributed by atoms with E-state index in [2.05, 4.69) is 57.0 Å². The van der Waals surface area contributed by atoms with Crippen molar-refractivity contribution in [1.82, 2.24) is 5.32 Å². The van der Waals surface area contributed by atoms with E-state index in [4.69, 9.17) is 11.6 Å². The molecule has 1 aromatic carbocycles. The molecule has 0 amide bonds. The largest absolute Gasteiger partial charge is 0.371 e. The van der Waals surface area contributed by atoms with E-state index in [1.165, 1.54) is 24.1 Å². The highest BCUT2D eigenvalue weighted by Crippen LogP contribution is 2.34. The van der Waals surface area contributed by atoms with E-state index in [9.17, 15) is 0 Å². The van der Waals surface area contributed by atoms with Crippen molar-refractivity contribution in [3.8, 4) is 0 Å². The third-order valence-electron chi connectivity index (χ3n) is 4.31. The molecule has 3 heteroatoms. The topological polar surface area (TPSA) is 15.3 Å². The highest BCUT2D eigenvalue weighted by molar-refractivity contribution is 6.30. The van der Waals surface area contributed by atoms with Crippen molar-refractivity contribution in [3.63, 3.8) is 0 Å². The Morgan fingerprint density at radius 1 is 1.19 bits per heavy atom. The fraction of sp³-hybridized carbons (Fsp3) is 0.667. The third-order valence-corrected chi connectivity index (χ3v) is 4.55. The average Bonchev–Trinajstić information content (AvgIpc) is 2.36. The van der Waals surface area contributed by atoms with Gasteiger partial charge in [-0.25, -0.2) is 0 Å². The normalized spacial score (nSPS) is 18.9. The smallest absolute Gasteiger partial charge is 0.0426 e. The van der Waals surface area contributed by atoms with Gasteiger partial charge in [-0.2, -0.15) is 0 Å². The average molecular weight is 309 g/mol. The molecule has 0 aliphatic carbocycles. The number of halogens is 1. The number of anilines is 1. The third kappa shape index (κ3) is 4.89. The summed E-state index contributed by atoms with van der Waals surface area (Å²) in [5.41, 5.74) is 3.24. The maximum absolute atomic E-state index is 6.24. The lowest BCUT2D eigenvalue weighted by atomic mass is 9.82. The molecule has 1 aliphatic rings. The zero-order valence-corrected chi connectivity index (χ0v) is 14.8. The summed E-state index contributed by atoms with van der Waals surface area (Å²) in [6, 6.07) is 6.29. The van der Waals surface area contributed by atoms with Gasteiger partial charge >= 0.3 is 0 Å². The number of benzene rings is 1. The van der Waals surface area contributed by atoms with E-state index < -0.39 is 0 Å². The Bertz CT molecular complexity index is 478. The van der Waals surface area contributed by atoms with Gasteiger partial charge in [-0.1, -0.05) is 31.5 Å². The quantitative estimate of drug-likeness (QED) is 0.858. The first-order chi connectivity index (χ1) is 9.66. The molecular formula is C18H29ClN2. The fourth-order valence-corrected chi connectivity index (χ4v) is 2.86. The van der Waals surface area contributed by atoms with Crippen LogP contribution in [0.3, 0.4) is 0 Å². The second kappa shape index (κ2) is 6.18. The van der Waals surface area contributed by atoms with Crippen molar-refractivity contribution in [2.24, 2.45) is 5.41 Å². The van der Waals surface area contributed by atoms with Gasteiger partial charge in [0.05, 0.1) is 0 Å². The van der Waals surface area contributed by atoms with Gasteiger partial charge in [0.1, 0.15) is 0 Å². The summed E-state index contributed by atoms with van der Waals surface area (Å²) in [6.45, 7) is 14.5. The number of rotatable bonds is 3. The standard InChI is InChI=1S/C18H29ClN2/c1-17(2,3)20-13-14-6-7-15(19)12-16(14)21-10-8-18(4,5)9-11-21/h6-7,12,20H,8-11,13H2,1-5H3. The second-order valence-corrected chi connectivity index (χ2v) is 8.46. The summed E-state index contributed by atoms with van der Waals surface area (Å²) in [5.74, 6) is 0. The Balaban J connectivity index is 2.16. The first kappa shape index (κ1) is 16.6. The van der Waals surface area contributed by atoms with Crippen molar-refractivity contribution in [2.45, 2.75) is 59.5 Å². The zero-order chi connectivity index (χ0) is 15.7. The molecule has 1 fully saturated rings. The van der Waals surface area contributed by atoms with E-state index in [0.717, 1.165) is 24.7 Å². The molecule has 118 valence electrons. The Labute approximate surface area is 134 Å². The predicted molar refractivity (Wildman–Crippen MR) is 93.3 cm³/mol. The van der Waals surface area contributed by atoms with Crippen LogP contribution in [0.1, 0.15) is 53.0 Å². The van der Waals surface area contributed by atoms with Crippen LogP contribution in [0.5, 0.6) is 0 Å². The van der Waals surface area contributed by atoms with E-state index >= 15 is 0 Å². The maximum Gasteiger partial charge on any atom is 0.0426 e. The van der Waals surface area contributed by atoms with Gasteiger partial charge in [-0.15, -0.1) is 0 Å². The minimum atomic E-state index is 0.126. The van der Waals surface area contributed by atoms with Gasteiger partial charge in [0, 0.05) is 35.9 Å². The summed E-state index contributed by atoms with van der Waals surface area (Å²) in [4.78, 5) is 2.50. The molecule has 1 aromatic rings. The fourth-order valence-electron chi connectivity index (χ4n) is 2.69. The molecule has 21 heavy (non-hydrogen) atoms. The summed E-state index contributed by atoms with van der Waals surface area (Å²) in [7, 11) is 0. The van der Waals surface area contributed by atoms with Crippen LogP contribution >= 0.6 is 11.6 Å². The zero-order valence-electron chi connectivity index (χ0n) is 14.1. The first-order valence-electron chi connectivity index (χ1n) is 7.95. The van der Waals surface area contributed by atoms with Gasteiger partial charge in [0.25, 0.3) is 0 Å². The van der Waals surface area contributed by atoms with E-state index in [0.29, 0.717) is 5.41 Å². The predicted octanol–water partition coefficient (Wildman–Crippen LogP) is 4.85. The van der Waals surface area contributed by atoms with Crippen LogP contribution in [-0.4, -0.2) is 18.6 Å². The van der Waals surface area contributed by atoms with E-state index in [1.807, 2.05) is 6.07 Å². The second-order valence-electron chi connectivity index (χ2n) is 8.03. The Morgan fingerprint density at radius 3 is 2.38 bits per heavy atom. The summed E-state index contributed by atoms with van der Waals surface area (Å²) in [5, 5.41) is 4.41. The van der Waals surface area contributed by atoms with Crippen molar-refractivity contribution in [1.29, 1.82) is 0 Å². The SMILES string of the molecule is CC1(C)CCN(c2cc(Cl)ccc2CNC(C)(C)C)CC1. The van der Waals surface area contributed by atoms with Crippen LogP contribution in [0.25, 0.3) is 0 Å². The van der Waals surface area contributed by atoms with Crippen molar-refractivity contribution in [2.75, 3.05) is 18.0 Å². The van der Waals surface area contributed by atoms with Crippen LogP contribution in [-0.2, 0) is 6.54 Å². The number of nitrogens with one attached hydrogen (secondary N) is 1. The number of hydrogen-bond donors (Lipinski definition) is 1. The number of nitrogens with zero attached hydrogens (tertiary/aromatic N) is 1.